The smallest absolute Gasteiger partial charge is 0.165 e. The average molecular weight is 255 g/mol. The standard InChI is InChI=1S/C13H21NO2S/c1-3-15-12-7-4-6-11(10-14)13(12)16-8-5-9-17-2/h4,6-7H,3,5,8-10,14H2,1-2H3. The van der Waals surface area contributed by atoms with Gasteiger partial charge in [-0.3, -0.25) is 0 Å². The van der Waals surface area contributed by atoms with Crippen LogP contribution in [0.2, 0.25) is 0 Å². The Labute approximate surface area is 108 Å². The predicted octanol–water partition coefficient (Wildman–Crippen LogP) is 2.68. The Kier molecular flexibility index (Phi) is 6.89. The summed E-state index contributed by atoms with van der Waals surface area (Å²) >= 11 is 1.83. The van der Waals surface area contributed by atoms with Crippen molar-refractivity contribution >= 4 is 11.8 Å². The summed E-state index contributed by atoms with van der Waals surface area (Å²) in [7, 11) is 0. The van der Waals surface area contributed by atoms with E-state index in [4.69, 9.17) is 15.2 Å². The summed E-state index contributed by atoms with van der Waals surface area (Å²) in [5.41, 5.74) is 6.71. The minimum Gasteiger partial charge on any atom is -0.490 e. The molecule has 0 aliphatic rings. The van der Waals surface area contributed by atoms with E-state index >= 15 is 0 Å². The van der Waals surface area contributed by atoms with Crippen LogP contribution in [0.1, 0.15) is 18.9 Å². The average Bonchev–Trinajstić information content (AvgIpc) is 2.36. The zero-order valence-electron chi connectivity index (χ0n) is 10.6. The molecule has 1 aromatic carbocycles. The van der Waals surface area contributed by atoms with Crippen LogP contribution in [0.3, 0.4) is 0 Å². The molecule has 0 atom stereocenters. The fourth-order valence-corrected chi connectivity index (χ4v) is 1.94. The molecule has 0 saturated heterocycles. The Morgan fingerprint density at radius 2 is 2.12 bits per heavy atom. The van der Waals surface area contributed by atoms with Crippen molar-refractivity contribution < 1.29 is 9.47 Å². The Morgan fingerprint density at radius 3 is 2.76 bits per heavy atom. The first-order chi connectivity index (χ1) is 8.33. The summed E-state index contributed by atoms with van der Waals surface area (Å²) in [6.07, 6.45) is 3.13. The molecule has 0 aliphatic heterocycles. The molecule has 0 aromatic heterocycles. The van der Waals surface area contributed by atoms with Crippen LogP contribution in [0, 0.1) is 0 Å². The summed E-state index contributed by atoms with van der Waals surface area (Å²) in [4.78, 5) is 0. The van der Waals surface area contributed by atoms with Gasteiger partial charge in [-0.15, -0.1) is 0 Å². The molecule has 0 radical (unpaired) electrons. The number of nitrogens with two attached hydrogens (primary N) is 1. The van der Waals surface area contributed by atoms with Gasteiger partial charge in [0, 0.05) is 12.1 Å². The Morgan fingerprint density at radius 1 is 1.29 bits per heavy atom. The third kappa shape index (κ3) is 4.48. The lowest BCUT2D eigenvalue weighted by Gasteiger charge is -2.15. The van der Waals surface area contributed by atoms with Crippen LogP contribution in [0.4, 0.5) is 0 Å². The molecule has 0 heterocycles. The lowest BCUT2D eigenvalue weighted by atomic mass is 10.2. The zero-order valence-corrected chi connectivity index (χ0v) is 11.4. The molecule has 0 aliphatic carbocycles. The van der Waals surface area contributed by atoms with Crippen molar-refractivity contribution in [3.63, 3.8) is 0 Å². The number of rotatable bonds is 8. The number of hydrogen-bond donors (Lipinski definition) is 1. The molecule has 17 heavy (non-hydrogen) atoms. The van der Waals surface area contributed by atoms with Gasteiger partial charge in [0.25, 0.3) is 0 Å². The van der Waals surface area contributed by atoms with Crippen LogP contribution in [0.15, 0.2) is 18.2 Å². The van der Waals surface area contributed by atoms with E-state index in [9.17, 15) is 0 Å². The van der Waals surface area contributed by atoms with E-state index in [2.05, 4.69) is 6.26 Å². The number of thioether (sulfide) groups is 1. The van der Waals surface area contributed by atoms with Gasteiger partial charge in [0.15, 0.2) is 11.5 Å². The molecule has 0 fully saturated rings. The summed E-state index contributed by atoms with van der Waals surface area (Å²) in [5, 5.41) is 0. The predicted molar refractivity (Wildman–Crippen MR) is 74.0 cm³/mol. The summed E-state index contributed by atoms with van der Waals surface area (Å²) in [5.74, 6) is 2.70. The molecule has 0 amide bonds. The van der Waals surface area contributed by atoms with Gasteiger partial charge in [-0.25, -0.2) is 0 Å². The van der Waals surface area contributed by atoms with Crippen LogP contribution < -0.4 is 15.2 Å². The maximum absolute atomic E-state index is 5.80. The Hall–Kier alpha value is -0.870. The van der Waals surface area contributed by atoms with Gasteiger partial charge in [0.05, 0.1) is 13.2 Å². The second-order valence-electron chi connectivity index (χ2n) is 3.58. The van der Waals surface area contributed by atoms with E-state index in [0.717, 1.165) is 29.2 Å². The number of hydrogen-bond acceptors (Lipinski definition) is 4. The van der Waals surface area contributed by atoms with E-state index < -0.39 is 0 Å². The SMILES string of the molecule is CCOc1cccc(CN)c1OCCCSC. The van der Waals surface area contributed by atoms with Crippen molar-refractivity contribution in [3.8, 4) is 11.5 Å². The van der Waals surface area contributed by atoms with Crippen LogP contribution in [0.5, 0.6) is 11.5 Å². The van der Waals surface area contributed by atoms with Crippen LogP contribution >= 0.6 is 11.8 Å². The fraction of sp³-hybridized carbons (Fsp3) is 0.538. The molecule has 0 bridgehead atoms. The van der Waals surface area contributed by atoms with Gasteiger partial charge >= 0.3 is 0 Å². The van der Waals surface area contributed by atoms with E-state index in [1.807, 2.05) is 36.9 Å². The van der Waals surface area contributed by atoms with Gasteiger partial charge in [-0.1, -0.05) is 12.1 Å². The third-order valence-corrected chi connectivity index (χ3v) is 3.02. The zero-order chi connectivity index (χ0) is 12.5. The second-order valence-corrected chi connectivity index (χ2v) is 4.56. The first-order valence-corrected chi connectivity index (χ1v) is 7.29. The highest BCUT2D eigenvalue weighted by Crippen LogP contribution is 2.31. The van der Waals surface area contributed by atoms with Crippen LogP contribution in [-0.4, -0.2) is 25.2 Å². The molecule has 0 spiro atoms. The van der Waals surface area contributed by atoms with Gasteiger partial charge in [-0.2, -0.15) is 11.8 Å². The van der Waals surface area contributed by atoms with Crippen LogP contribution in [0.25, 0.3) is 0 Å². The maximum Gasteiger partial charge on any atom is 0.165 e. The normalized spacial score (nSPS) is 10.3. The minimum atomic E-state index is 0.471. The first kappa shape index (κ1) is 14.2. The molecule has 96 valence electrons. The second kappa shape index (κ2) is 8.25. The molecule has 3 nitrogen and oxygen atoms in total. The van der Waals surface area contributed by atoms with E-state index in [0.29, 0.717) is 19.8 Å². The minimum absolute atomic E-state index is 0.471. The molecule has 4 heteroatoms. The van der Waals surface area contributed by atoms with Crippen molar-refractivity contribution in [3.05, 3.63) is 23.8 Å². The van der Waals surface area contributed by atoms with Crippen molar-refractivity contribution in [1.29, 1.82) is 0 Å². The largest absolute Gasteiger partial charge is 0.490 e. The summed E-state index contributed by atoms with van der Waals surface area (Å²) in [6, 6.07) is 5.85. The molecule has 0 unspecified atom stereocenters. The molecule has 1 aromatic rings. The lowest BCUT2D eigenvalue weighted by molar-refractivity contribution is 0.275. The Balaban J connectivity index is 2.70. The summed E-state index contributed by atoms with van der Waals surface area (Å²) < 4.78 is 11.3. The third-order valence-electron chi connectivity index (χ3n) is 2.32. The quantitative estimate of drug-likeness (QED) is 0.725. The molecule has 0 saturated carbocycles. The Bertz CT molecular complexity index is 331. The summed E-state index contributed by atoms with van der Waals surface area (Å²) in [6.45, 7) is 3.78. The maximum atomic E-state index is 5.80. The highest BCUT2D eigenvalue weighted by atomic mass is 32.2. The number of para-hydroxylation sites is 1. The van der Waals surface area contributed by atoms with Crippen molar-refractivity contribution in [2.24, 2.45) is 5.73 Å². The van der Waals surface area contributed by atoms with Crippen molar-refractivity contribution in [1.82, 2.24) is 0 Å². The van der Waals surface area contributed by atoms with Gasteiger partial charge in [-0.05, 0) is 31.4 Å². The number of ether oxygens (including phenoxy) is 2. The van der Waals surface area contributed by atoms with Gasteiger partial charge in [0.2, 0.25) is 0 Å². The number of benzene rings is 1. The molecular formula is C13H21NO2S. The van der Waals surface area contributed by atoms with E-state index in [1.165, 1.54) is 0 Å². The van der Waals surface area contributed by atoms with Crippen LogP contribution in [-0.2, 0) is 6.54 Å². The first-order valence-electron chi connectivity index (χ1n) is 5.90. The van der Waals surface area contributed by atoms with Crippen molar-refractivity contribution in [2.75, 3.05) is 25.2 Å². The van der Waals surface area contributed by atoms with E-state index in [-0.39, 0.29) is 0 Å². The lowest BCUT2D eigenvalue weighted by Crippen LogP contribution is -2.06. The fourth-order valence-electron chi connectivity index (χ4n) is 1.53. The molecule has 1 rings (SSSR count). The topological polar surface area (TPSA) is 44.5 Å². The van der Waals surface area contributed by atoms with Gasteiger partial charge in [0.1, 0.15) is 0 Å². The highest BCUT2D eigenvalue weighted by Gasteiger charge is 2.09. The molecule has 2 N–H and O–H groups in total. The van der Waals surface area contributed by atoms with Gasteiger partial charge < -0.3 is 15.2 Å². The van der Waals surface area contributed by atoms with Crippen molar-refractivity contribution in [2.45, 2.75) is 19.9 Å². The van der Waals surface area contributed by atoms with E-state index in [1.54, 1.807) is 0 Å². The highest BCUT2D eigenvalue weighted by molar-refractivity contribution is 7.98. The molecular weight excluding hydrogens is 234 g/mol. The monoisotopic (exact) mass is 255 g/mol.